The van der Waals surface area contributed by atoms with Gasteiger partial charge in [0.25, 0.3) is 0 Å². The molecule has 2 N–H and O–H groups in total. The van der Waals surface area contributed by atoms with E-state index in [1.54, 1.807) is 0 Å². The summed E-state index contributed by atoms with van der Waals surface area (Å²) in [5.74, 6) is 0. The van der Waals surface area contributed by atoms with Crippen molar-refractivity contribution in [3.05, 3.63) is 28.8 Å². The van der Waals surface area contributed by atoms with Crippen molar-refractivity contribution in [3.8, 4) is 0 Å². The minimum atomic E-state index is 0.222. The molecule has 1 atom stereocenters. The Morgan fingerprint density at radius 2 is 2.18 bits per heavy atom. The van der Waals surface area contributed by atoms with Crippen molar-refractivity contribution in [1.29, 1.82) is 0 Å². The average molecular weight is 253 g/mol. The SMILES string of the molecule is CCC(N)Cc1cc(Cl)ccc1N(C)C1CC1. The Labute approximate surface area is 109 Å². The van der Waals surface area contributed by atoms with Crippen molar-refractivity contribution < 1.29 is 0 Å². The van der Waals surface area contributed by atoms with E-state index < -0.39 is 0 Å². The molecule has 1 aliphatic rings. The van der Waals surface area contributed by atoms with Crippen LogP contribution in [0, 0.1) is 0 Å². The Morgan fingerprint density at radius 1 is 1.47 bits per heavy atom. The summed E-state index contributed by atoms with van der Waals surface area (Å²) in [7, 11) is 2.17. The topological polar surface area (TPSA) is 29.3 Å². The number of hydrogen-bond acceptors (Lipinski definition) is 2. The summed E-state index contributed by atoms with van der Waals surface area (Å²) in [5, 5.41) is 0.802. The van der Waals surface area contributed by atoms with Crippen molar-refractivity contribution >= 4 is 17.3 Å². The molecule has 0 heterocycles. The van der Waals surface area contributed by atoms with Crippen LogP contribution in [-0.4, -0.2) is 19.1 Å². The minimum Gasteiger partial charge on any atom is -0.371 e. The molecular formula is C14H21ClN2. The maximum atomic E-state index is 6.08. The van der Waals surface area contributed by atoms with Crippen molar-refractivity contribution in [2.45, 2.75) is 44.7 Å². The third kappa shape index (κ3) is 3.14. The molecule has 1 aromatic carbocycles. The fourth-order valence-corrected chi connectivity index (χ4v) is 2.34. The van der Waals surface area contributed by atoms with E-state index in [1.807, 2.05) is 6.07 Å². The van der Waals surface area contributed by atoms with E-state index in [0.29, 0.717) is 6.04 Å². The van der Waals surface area contributed by atoms with Gasteiger partial charge in [0.15, 0.2) is 0 Å². The van der Waals surface area contributed by atoms with Gasteiger partial charge in [0.1, 0.15) is 0 Å². The zero-order valence-corrected chi connectivity index (χ0v) is 11.4. The zero-order chi connectivity index (χ0) is 12.4. The van der Waals surface area contributed by atoms with Gasteiger partial charge in [0.2, 0.25) is 0 Å². The summed E-state index contributed by atoms with van der Waals surface area (Å²) in [5.41, 5.74) is 8.63. The first-order valence-corrected chi connectivity index (χ1v) is 6.76. The molecule has 3 heteroatoms. The number of nitrogens with zero attached hydrogens (tertiary/aromatic N) is 1. The lowest BCUT2D eigenvalue weighted by Crippen LogP contribution is -2.25. The Balaban J connectivity index is 2.23. The van der Waals surface area contributed by atoms with Crippen LogP contribution < -0.4 is 10.6 Å². The van der Waals surface area contributed by atoms with Crippen molar-refractivity contribution in [2.24, 2.45) is 5.73 Å². The molecule has 0 amide bonds. The van der Waals surface area contributed by atoms with Crippen LogP contribution in [0.25, 0.3) is 0 Å². The largest absolute Gasteiger partial charge is 0.371 e. The molecule has 0 saturated heterocycles. The second-order valence-electron chi connectivity index (χ2n) is 4.99. The summed E-state index contributed by atoms with van der Waals surface area (Å²) < 4.78 is 0. The quantitative estimate of drug-likeness (QED) is 0.872. The van der Waals surface area contributed by atoms with Crippen LogP contribution >= 0.6 is 11.6 Å². The maximum Gasteiger partial charge on any atom is 0.0410 e. The lowest BCUT2D eigenvalue weighted by molar-refractivity contribution is 0.645. The predicted octanol–water partition coefficient (Wildman–Crippen LogP) is 3.22. The fourth-order valence-electron chi connectivity index (χ4n) is 2.15. The van der Waals surface area contributed by atoms with E-state index in [9.17, 15) is 0 Å². The highest BCUT2D eigenvalue weighted by atomic mass is 35.5. The molecule has 1 unspecified atom stereocenters. The first kappa shape index (κ1) is 12.7. The molecule has 94 valence electrons. The Kier molecular flexibility index (Phi) is 3.95. The monoisotopic (exact) mass is 252 g/mol. The van der Waals surface area contributed by atoms with Gasteiger partial charge < -0.3 is 10.6 Å². The lowest BCUT2D eigenvalue weighted by Gasteiger charge is -2.23. The van der Waals surface area contributed by atoms with E-state index in [2.05, 4.69) is 31.0 Å². The van der Waals surface area contributed by atoms with Gasteiger partial charge in [-0.05, 0) is 49.4 Å². The normalized spacial score (nSPS) is 16.9. The number of halogens is 1. The van der Waals surface area contributed by atoms with Crippen molar-refractivity contribution in [1.82, 2.24) is 0 Å². The van der Waals surface area contributed by atoms with Gasteiger partial charge in [-0.2, -0.15) is 0 Å². The molecule has 2 nitrogen and oxygen atoms in total. The third-order valence-electron chi connectivity index (χ3n) is 3.52. The van der Waals surface area contributed by atoms with E-state index in [1.165, 1.54) is 24.1 Å². The van der Waals surface area contributed by atoms with Gasteiger partial charge >= 0.3 is 0 Å². The van der Waals surface area contributed by atoms with Crippen LogP contribution in [-0.2, 0) is 6.42 Å². The minimum absolute atomic E-state index is 0.222. The van der Waals surface area contributed by atoms with Gasteiger partial charge in [0.05, 0.1) is 0 Å². The molecule has 0 spiro atoms. The second-order valence-corrected chi connectivity index (χ2v) is 5.42. The molecule has 0 bridgehead atoms. The lowest BCUT2D eigenvalue weighted by atomic mass is 10.0. The molecule has 17 heavy (non-hydrogen) atoms. The van der Waals surface area contributed by atoms with E-state index >= 15 is 0 Å². The molecule has 2 rings (SSSR count). The standard InChI is InChI=1S/C14H21ClN2/c1-3-12(16)9-10-8-11(15)4-7-14(10)17(2)13-5-6-13/h4,7-8,12-13H,3,5-6,9,16H2,1-2H3. The summed E-state index contributed by atoms with van der Waals surface area (Å²) in [6.45, 7) is 2.12. The first-order valence-electron chi connectivity index (χ1n) is 6.38. The summed E-state index contributed by atoms with van der Waals surface area (Å²) >= 11 is 6.08. The number of rotatable bonds is 5. The Morgan fingerprint density at radius 3 is 2.76 bits per heavy atom. The smallest absolute Gasteiger partial charge is 0.0410 e. The van der Waals surface area contributed by atoms with E-state index in [0.717, 1.165) is 17.9 Å². The second kappa shape index (κ2) is 5.28. The highest BCUT2D eigenvalue weighted by molar-refractivity contribution is 6.30. The Bertz CT molecular complexity index is 388. The predicted molar refractivity (Wildman–Crippen MR) is 74.8 cm³/mol. The van der Waals surface area contributed by atoms with Crippen LogP contribution in [0.4, 0.5) is 5.69 Å². The molecule has 0 aromatic heterocycles. The molecule has 0 aliphatic heterocycles. The summed E-state index contributed by atoms with van der Waals surface area (Å²) in [6, 6.07) is 7.09. The summed E-state index contributed by atoms with van der Waals surface area (Å²) in [6.07, 6.45) is 4.51. The van der Waals surface area contributed by atoms with E-state index in [-0.39, 0.29) is 6.04 Å². The van der Waals surface area contributed by atoms with Crippen LogP contribution in [0.2, 0.25) is 5.02 Å². The molecule has 1 saturated carbocycles. The van der Waals surface area contributed by atoms with Gasteiger partial charge in [0, 0.05) is 29.8 Å². The van der Waals surface area contributed by atoms with Crippen molar-refractivity contribution in [2.75, 3.05) is 11.9 Å². The number of benzene rings is 1. The number of anilines is 1. The average Bonchev–Trinajstić information content (AvgIpc) is 3.12. The summed E-state index contributed by atoms with van der Waals surface area (Å²) in [4.78, 5) is 2.37. The molecule has 1 aromatic rings. The van der Waals surface area contributed by atoms with Gasteiger partial charge in [-0.1, -0.05) is 18.5 Å². The molecule has 1 aliphatic carbocycles. The van der Waals surface area contributed by atoms with Crippen LogP contribution in [0.5, 0.6) is 0 Å². The molecule has 0 radical (unpaired) electrons. The number of nitrogens with two attached hydrogens (primary N) is 1. The molecule has 1 fully saturated rings. The first-order chi connectivity index (χ1) is 8.11. The zero-order valence-electron chi connectivity index (χ0n) is 10.6. The van der Waals surface area contributed by atoms with Crippen LogP contribution in [0.15, 0.2) is 18.2 Å². The van der Waals surface area contributed by atoms with Crippen LogP contribution in [0.1, 0.15) is 31.7 Å². The highest BCUT2D eigenvalue weighted by Gasteiger charge is 2.27. The Hall–Kier alpha value is -0.730. The maximum absolute atomic E-state index is 6.08. The highest BCUT2D eigenvalue weighted by Crippen LogP contribution is 2.33. The van der Waals surface area contributed by atoms with Crippen LogP contribution in [0.3, 0.4) is 0 Å². The van der Waals surface area contributed by atoms with Crippen molar-refractivity contribution in [3.63, 3.8) is 0 Å². The third-order valence-corrected chi connectivity index (χ3v) is 3.76. The van der Waals surface area contributed by atoms with Gasteiger partial charge in [-0.25, -0.2) is 0 Å². The van der Waals surface area contributed by atoms with Gasteiger partial charge in [-0.15, -0.1) is 0 Å². The number of hydrogen-bond donors (Lipinski definition) is 1. The van der Waals surface area contributed by atoms with E-state index in [4.69, 9.17) is 17.3 Å². The van der Waals surface area contributed by atoms with Gasteiger partial charge in [-0.3, -0.25) is 0 Å². The fraction of sp³-hybridized carbons (Fsp3) is 0.571. The molecular weight excluding hydrogens is 232 g/mol.